The number of hydrogen-bond donors (Lipinski definition) is 1. The Morgan fingerprint density at radius 2 is 1.95 bits per heavy atom. The normalized spacial score (nSPS) is 23.9. The molecule has 1 aromatic carbocycles. The molecule has 1 unspecified atom stereocenters. The van der Waals surface area contributed by atoms with Gasteiger partial charge in [-0.2, -0.15) is 0 Å². The quantitative estimate of drug-likeness (QED) is 0.900. The van der Waals surface area contributed by atoms with Gasteiger partial charge in [0.15, 0.2) is 0 Å². The maximum Gasteiger partial charge on any atom is 0.0412 e. The minimum atomic E-state index is 0.601. The number of hydrogen-bond acceptors (Lipinski definition) is 2. The average Bonchev–Trinajstić information content (AvgIpc) is 2.88. The molecule has 2 aliphatic rings. The summed E-state index contributed by atoms with van der Waals surface area (Å²) >= 11 is 0. The molecule has 0 amide bonds. The van der Waals surface area contributed by atoms with Gasteiger partial charge in [0.2, 0.25) is 0 Å². The molecular weight excluding hydrogens is 244 g/mol. The van der Waals surface area contributed by atoms with Crippen LogP contribution < -0.4 is 10.2 Å². The second-order valence-electron chi connectivity index (χ2n) is 6.92. The van der Waals surface area contributed by atoms with E-state index in [9.17, 15) is 0 Å². The Bertz CT molecular complexity index is 435. The van der Waals surface area contributed by atoms with E-state index in [1.165, 1.54) is 43.5 Å². The van der Waals surface area contributed by atoms with Gasteiger partial charge in [-0.05, 0) is 36.3 Å². The Hall–Kier alpha value is -1.02. The van der Waals surface area contributed by atoms with Crippen LogP contribution in [-0.4, -0.2) is 19.1 Å². The zero-order valence-electron chi connectivity index (χ0n) is 12.9. The predicted molar refractivity (Wildman–Crippen MR) is 86.1 cm³/mol. The lowest BCUT2D eigenvalue weighted by Gasteiger charge is -2.31. The fourth-order valence-corrected chi connectivity index (χ4v) is 3.73. The summed E-state index contributed by atoms with van der Waals surface area (Å²) in [6.07, 6.45) is 5.73. The van der Waals surface area contributed by atoms with E-state index in [1.807, 2.05) is 0 Å². The van der Waals surface area contributed by atoms with E-state index in [0.717, 1.165) is 19.0 Å². The smallest absolute Gasteiger partial charge is 0.0412 e. The molecule has 1 aliphatic carbocycles. The van der Waals surface area contributed by atoms with Crippen LogP contribution in [0.2, 0.25) is 0 Å². The van der Waals surface area contributed by atoms with Crippen molar-refractivity contribution in [2.75, 3.05) is 18.0 Å². The highest BCUT2D eigenvalue weighted by atomic mass is 15.2. The van der Waals surface area contributed by atoms with Crippen molar-refractivity contribution in [1.82, 2.24) is 5.32 Å². The molecular formula is C18H28N2. The summed E-state index contributed by atoms with van der Waals surface area (Å²) in [5.74, 6) is 1.60. The van der Waals surface area contributed by atoms with Crippen LogP contribution in [0.4, 0.5) is 5.69 Å². The number of nitrogens with one attached hydrogen (secondary N) is 1. The Morgan fingerprint density at radius 3 is 2.70 bits per heavy atom. The lowest BCUT2D eigenvalue weighted by Crippen LogP contribution is -2.43. The molecule has 0 radical (unpaired) electrons. The molecule has 2 nitrogen and oxygen atoms in total. The van der Waals surface area contributed by atoms with Gasteiger partial charge in [-0.1, -0.05) is 44.9 Å². The second-order valence-corrected chi connectivity index (χ2v) is 6.92. The zero-order valence-corrected chi connectivity index (χ0v) is 12.9. The first kappa shape index (κ1) is 13.9. The molecule has 20 heavy (non-hydrogen) atoms. The number of rotatable bonds is 3. The van der Waals surface area contributed by atoms with Gasteiger partial charge in [0, 0.05) is 31.4 Å². The van der Waals surface area contributed by atoms with Crippen LogP contribution in [0, 0.1) is 11.8 Å². The van der Waals surface area contributed by atoms with E-state index in [2.05, 4.69) is 48.3 Å². The zero-order chi connectivity index (χ0) is 13.9. The van der Waals surface area contributed by atoms with Gasteiger partial charge in [-0.25, -0.2) is 0 Å². The maximum absolute atomic E-state index is 3.75. The highest BCUT2D eigenvalue weighted by molar-refractivity contribution is 5.54. The fourth-order valence-electron chi connectivity index (χ4n) is 3.73. The summed E-state index contributed by atoms with van der Waals surface area (Å²) in [5, 5.41) is 3.75. The summed E-state index contributed by atoms with van der Waals surface area (Å²) in [6, 6.07) is 9.56. The van der Waals surface area contributed by atoms with Crippen LogP contribution in [0.5, 0.6) is 0 Å². The summed E-state index contributed by atoms with van der Waals surface area (Å²) < 4.78 is 0. The van der Waals surface area contributed by atoms with Crippen LogP contribution in [0.25, 0.3) is 0 Å². The number of nitrogens with zero attached hydrogens (tertiary/aromatic N) is 1. The number of fused-ring (bicyclic) bond motifs is 1. The lowest BCUT2D eigenvalue weighted by atomic mass is 10.0. The van der Waals surface area contributed by atoms with Crippen molar-refractivity contribution >= 4 is 5.69 Å². The van der Waals surface area contributed by atoms with Crippen molar-refractivity contribution < 1.29 is 0 Å². The highest BCUT2D eigenvalue weighted by Gasteiger charge is 2.26. The van der Waals surface area contributed by atoms with Gasteiger partial charge in [-0.3, -0.25) is 0 Å². The third kappa shape index (κ3) is 3.01. The van der Waals surface area contributed by atoms with E-state index in [-0.39, 0.29) is 0 Å². The predicted octanol–water partition coefficient (Wildman–Crippen LogP) is 3.81. The van der Waals surface area contributed by atoms with E-state index in [1.54, 1.807) is 0 Å². The molecule has 3 rings (SSSR count). The summed E-state index contributed by atoms with van der Waals surface area (Å²) in [4.78, 5) is 2.66. The van der Waals surface area contributed by atoms with Crippen molar-refractivity contribution in [3.8, 4) is 0 Å². The molecule has 0 saturated heterocycles. The molecule has 1 fully saturated rings. The molecule has 0 spiro atoms. The standard InChI is InChI=1S/C18H28N2/c1-14(2)17-13-20(12-15-7-3-4-8-15)18-10-6-5-9-16(18)11-19-17/h5-6,9-10,14-15,17,19H,3-4,7-8,11-13H2,1-2H3. The van der Waals surface area contributed by atoms with Crippen molar-refractivity contribution in [3.05, 3.63) is 29.8 Å². The van der Waals surface area contributed by atoms with Crippen molar-refractivity contribution in [3.63, 3.8) is 0 Å². The average molecular weight is 272 g/mol. The molecule has 1 heterocycles. The minimum Gasteiger partial charge on any atom is -0.369 e. The van der Waals surface area contributed by atoms with Crippen LogP contribution >= 0.6 is 0 Å². The Kier molecular flexibility index (Phi) is 4.30. The largest absolute Gasteiger partial charge is 0.369 e. The van der Waals surface area contributed by atoms with E-state index in [4.69, 9.17) is 0 Å². The molecule has 1 atom stereocenters. The Balaban J connectivity index is 1.82. The highest BCUT2D eigenvalue weighted by Crippen LogP contribution is 2.30. The maximum atomic E-state index is 3.75. The van der Waals surface area contributed by atoms with Gasteiger partial charge >= 0.3 is 0 Å². The van der Waals surface area contributed by atoms with E-state index < -0.39 is 0 Å². The lowest BCUT2D eigenvalue weighted by molar-refractivity contribution is 0.395. The molecule has 110 valence electrons. The summed E-state index contributed by atoms with van der Waals surface area (Å²) in [5.41, 5.74) is 2.93. The Morgan fingerprint density at radius 1 is 1.20 bits per heavy atom. The summed E-state index contributed by atoms with van der Waals surface area (Å²) in [7, 11) is 0. The van der Waals surface area contributed by atoms with Crippen molar-refractivity contribution in [2.45, 2.75) is 52.1 Å². The van der Waals surface area contributed by atoms with E-state index >= 15 is 0 Å². The third-order valence-corrected chi connectivity index (χ3v) is 5.06. The number of para-hydroxylation sites is 1. The van der Waals surface area contributed by atoms with Crippen molar-refractivity contribution in [1.29, 1.82) is 0 Å². The molecule has 1 saturated carbocycles. The van der Waals surface area contributed by atoms with Gasteiger partial charge in [0.25, 0.3) is 0 Å². The van der Waals surface area contributed by atoms with Gasteiger partial charge < -0.3 is 10.2 Å². The van der Waals surface area contributed by atoms with Gasteiger partial charge in [0.05, 0.1) is 0 Å². The SMILES string of the molecule is CC(C)C1CN(CC2CCCC2)c2ccccc2CN1. The first-order chi connectivity index (χ1) is 9.74. The van der Waals surface area contributed by atoms with Crippen LogP contribution in [0.15, 0.2) is 24.3 Å². The molecule has 1 N–H and O–H groups in total. The van der Waals surface area contributed by atoms with Crippen LogP contribution in [-0.2, 0) is 6.54 Å². The van der Waals surface area contributed by atoms with Crippen LogP contribution in [0.3, 0.4) is 0 Å². The second kappa shape index (κ2) is 6.17. The van der Waals surface area contributed by atoms with E-state index in [0.29, 0.717) is 12.0 Å². The van der Waals surface area contributed by atoms with Crippen molar-refractivity contribution in [2.24, 2.45) is 11.8 Å². The number of benzene rings is 1. The monoisotopic (exact) mass is 272 g/mol. The molecule has 0 bridgehead atoms. The minimum absolute atomic E-state index is 0.601. The first-order valence-electron chi connectivity index (χ1n) is 8.30. The first-order valence-corrected chi connectivity index (χ1v) is 8.30. The molecule has 2 heteroatoms. The topological polar surface area (TPSA) is 15.3 Å². The fraction of sp³-hybridized carbons (Fsp3) is 0.667. The summed E-state index contributed by atoms with van der Waals surface area (Å²) in [6.45, 7) is 8.09. The van der Waals surface area contributed by atoms with Gasteiger partial charge in [0.1, 0.15) is 0 Å². The molecule has 1 aliphatic heterocycles. The van der Waals surface area contributed by atoms with Gasteiger partial charge in [-0.15, -0.1) is 0 Å². The number of anilines is 1. The third-order valence-electron chi connectivity index (χ3n) is 5.06. The molecule has 0 aromatic heterocycles. The van der Waals surface area contributed by atoms with Crippen LogP contribution in [0.1, 0.15) is 45.1 Å². The Labute approximate surface area is 123 Å². The molecule has 1 aromatic rings.